The molecular formula is C12H11N3O3. The van der Waals surface area contributed by atoms with E-state index in [1.807, 2.05) is 0 Å². The molecule has 2 rings (SSSR count). The van der Waals surface area contributed by atoms with Crippen LogP contribution in [-0.2, 0) is 11.2 Å². The van der Waals surface area contributed by atoms with Crippen molar-refractivity contribution in [3.8, 4) is 5.82 Å². The minimum absolute atomic E-state index is 0.0204. The Morgan fingerprint density at radius 2 is 2.11 bits per heavy atom. The van der Waals surface area contributed by atoms with Crippen LogP contribution in [0, 0.1) is 0 Å². The van der Waals surface area contributed by atoms with Crippen molar-refractivity contribution >= 4 is 5.97 Å². The van der Waals surface area contributed by atoms with Crippen LogP contribution in [-0.4, -0.2) is 25.8 Å². The quantitative estimate of drug-likeness (QED) is 0.854. The van der Waals surface area contributed by atoms with Crippen molar-refractivity contribution in [1.29, 1.82) is 0 Å². The summed E-state index contributed by atoms with van der Waals surface area (Å²) in [5.74, 6) is -0.480. The highest BCUT2D eigenvalue weighted by Crippen LogP contribution is 2.01. The molecule has 0 saturated carbocycles. The number of carboxylic acids is 1. The summed E-state index contributed by atoms with van der Waals surface area (Å²) in [6, 6.07) is 8.04. The number of aromatic nitrogens is 3. The van der Waals surface area contributed by atoms with E-state index < -0.39 is 5.97 Å². The predicted octanol–water partition coefficient (Wildman–Crippen LogP) is 0.645. The fourth-order valence-electron chi connectivity index (χ4n) is 1.46. The van der Waals surface area contributed by atoms with Crippen LogP contribution in [0.25, 0.3) is 5.82 Å². The van der Waals surface area contributed by atoms with Crippen LogP contribution in [0.4, 0.5) is 0 Å². The Bertz CT molecular complexity index is 607. The van der Waals surface area contributed by atoms with Crippen molar-refractivity contribution in [3.63, 3.8) is 0 Å². The molecular weight excluding hydrogens is 234 g/mol. The van der Waals surface area contributed by atoms with Gasteiger partial charge in [-0.15, -0.1) is 0 Å². The topological polar surface area (TPSA) is 85.1 Å². The van der Waals surface area contributed by atoms with Crippen molar-refractivity contribution in [2.45, 2.75) is 12.8 Å². The van der Waals surface area contributed by atoms with Crippen LogP contribution in [0.1, 0.15) is 12.1 Å². The van der Waals surface area contributed by atoms with Gasteiger partial charge in [0.05, 0.1) is 12.1 Å². The van der Waals surface area contributed by atoms with Gasteiger partial charge in [-0.2, -0.15) is 9.78 Å². The Morgan fingerprint density at radius 3 is 2.78 bits per heavy atom. The zero-order valence-electron chi connectivity index (χ0n) is 9.48. The van der Waals surface area contributed by atoms with Gasteiger partial charge in [-0.1, -0.05) is 6.07 Å². The van der Waals surface area contributed by atoms with E-state index in [1.54, 1.807) is 24.4 Å². The van der Waals surface area contributed by atoms with E-state index in [4.69, 9.17) is 5.11 Å². The van der Waals surface area contributed by atoms with Gasteiger partial charge in [0.2, 0.25) is 0 Å². The zero-order chi connectivity index (χ0) is 13.0. The monoisotopic (exact) mass is 245 g/mol. The van der Waals surface area contributed by atoms with Crippen molar-refractivity contribution in [2.75, 3.05) is 0 Å². The lowest BCUT2D eigenvalue weighted by molar-refractivity contribution is -0.136. The van der Waals surface area contributed by atoms with Gasteiger partial charge in [0.15, 0.2) is 5.82 Å². The molecule has 0 spiro atoms. The number of aliphatic carboxylic acids is 1. The van der Waals surface area contributed by atoms with Crippen LogP contribution >= 0.6 is 0 Å². The van der Waals surface area contributed by atoms with Gasteiger partial charge in [0.25, 0.3) is 5.56 Å². The summed E-state index contributed by atoms with van der Waals surface area (Å²) in [7, 11) is 0. The summed E-state index contributed by atoms with van der Waals surface area (Å²) >= 11 is 0. The molecule has 92 valence electrons. The molecule has 2 heterocycles. The Hall–Kier alpha value is -2.50. The smallest absolute Gasteiger partial charge is 0.303 e. The molecule has 6 nitrogen and oxygen atoms in total. The normalized spacial score (nSPS) is 10.2. The fourth-order valence-corrected chi connectivity index (χ4v) is 1.46. The minimum Gasteiger partial charge on any atom is -0.481 e. The van der Waals surface area contributed by atoms with Crippen LogP contribution in [0.3, 0.4) is 0 Å². The Balaban J connectivity index is 2.33. The maximum Gasteiger partial charge on any atom is 0.303 e. The van der Waals surface area contributed by atoms with Crippen molar-refractivity contribution < 1.29 is 9.90 Å². The van der Waals surface area contributed by atoms with Gasteiger partial charge in [0.1, 0.15) is 0 Å². The van der Waals surface area contributed by atoms with Gasteiger partial charge in [-0.3, -0.25) is 9.59 Å². The van der Waals surface area contributed by atoms with E-state index >= 15 is 0 Å². The summed E-state index contributed by atoms with van der Waals surface area (Å²) in [5.41, 5.74) is 0.246. The van der Waals surface area contributed by atoms with E-state index in [1.165, 1.54) is 12.1 Å². The van der Waals surface area contributed by atoms with Crippen molar-refractivity contribution in [3.05, 3.63) is 52.6 Å². The van der Waals surface area contributed by atoms with Crippen LogP contribution < -0.4 is 5.56 Å². The van der Waals surface area contributed by atoms with E-state index in [0.717, 1.165) is 4.68 Å². The summed E-state index contributed by atoms with van der Waals surface area (Å²) in [5, 5.41) is 12.7. The number of hydrogen-bond acceptors (Lipinski definition) is 4. The molecule has 0 fully saturated rings. The molecule has 0 unspecified atom stereocenters. The fraction of sp³-hybridized carbons (Fsp3) is 0.167. The summed E-state index contributed by atoms with van der Waals surface area (Å²) in [6.07, 6.45) is 1.82. The number of carbonyl (C=O) groups is 1. The lowest BCUT2D eigenvalue weighted by Crippen LogP contribution is -2.22. The molecule has 2 aromatic heterocycles. The molecule has 1 N–H and O–H groups in total. The Kier molecular flexibility index (Phi) is 3.47. The summed E-state index contributed by atoms with van der Waals surface area (Å²) in [4.78, 5) is 26.2. The van der Waals surface area contributed by atoms with E-state index in [9.17, 15) is 9.59 Å². The van der Waals surface area contributed by atoms with Gasteiger partial charge < -0.3 is 5.11 Å². The Labute approximate surface area is 103 Å². The molecule has 0 bridgehead atoms. The Morgan fingerprint density at radius 1 is 1.28 bits per heavy atom. The molecule has 18 heavy (non-hydrogen) atoms. The third-order valence-electron chi connectivity index (χ3n) is 2.32. The highest BCUT2D eigenvalue weighted by molar-refractivity contribution is 5.66. The molecule has 0 aliphatic rings. The first-order valence-electron chi connectivity index (χ1n) is 5.39. The second-order valence-electron chi connectivity index (χ2n) is 3.66. The first kappa shape index (κ1) is 12.0. The summed E-state index contributed by atoms with van der Waals surface area (Å²) in [6.45, 7) is 0. The van der Waals surface area contributed by atoms with E-state index in [2.05, 4.69) is 10.1 Å². The first-order valence-corrected chi connectivity index (χ1v) is 5.39. The molecule has 6 heteroatoms. The number of aryl methyl sites for hydroxylation is 1. The lowest BCUT2D eigenvalue weighted by Gasteiger charge is -2.04. The highest BCUT2D eigenvalue weighted by atomic mass is 16.4. The number of nitrogens with zero attached hydrogens (tertiary/aromatic N) is 3. The van der Waals surface area contributed by atoms with E-state index in [0.29, 0.717) is 11.5 Å². The van der Waals surface area contributed by atoms with Crippen molar-refractivity contribution in [1.82, 2.24) is 14.8 Å². The predicted molar refractivity (Wildman–Crippen MR) is 63.6 cm³/mol. The van der Waals surface area contributed by atoms with Gasteiger partial charge >= 0.3 is 5.97 Å². The van der Waals surface area contributed by atoms with Crippen LogP contribution in [0.5, 0.6) is 0 Å². The second-order valence-corrected chi connectivity index (χ2v) is 3.66. The SMILES string of the molecule is O=C(O)CCc1ccc(=O)n(-c2ccccn2)n1. The molecule has 0 aliphatic carbocycles. The molecule has 2 aromatic rings. The lowest BCUT2D eigenvalue weighted by atomic mass is 10.2. The average Bonchev–Trinajstić information content (AvgIpc) is 2.38. The maximum atomic E-state index is 11.7. The van der Waals surface area contributed by atoms with Crippen LogP contribution in [0.2, 0.25) is 0 Å². The molecule has 0 atom stereocenters. The third kappa shape index (κ3) is 2.79. The summed E-state index contributed by atoms with van der Waals surface area (Å²) < 4.78 is 1.16. The third-order valence-corrected chi connectivity index (χ3v) is 2.32. The van der Waals surface area contributed by atoms with Gasteiger partial charge in [0, 0.05) is 18.7 Å². The zero-order valence-corrected chi connectivity index (χ0v) is 9.48. The number of hydrogen-bond donors (Lipinski definition) is 1. The highest BCUT2D eigenvalue weighted by Gasteiger charge is 2.05. The van der Waals surface area contributed by atoms with E-state index in [-0.39, 0.29) is 18.4 Å². The van der Waals surface area contributed by atoms with Gasteiger partial charge in [-0.25, -0.2) is 4.98 Å². The maximum absolute atomic E-state index is 11.7. The molecule has 0 amide bonds. The number of carboxylic acid groups (broad SMARTS) is 1. The average molecular weight is 245 g/mol. The standard InChI is InChI=1S/C12H11N3O3/c16-11-6-4-9(5-7-12(17)18)14-15(11)10-3-1-2-8-13-10/h1-4,6,8H,5,7H2,(H,17,18). The molecule has 0 aliphatic heterocycles. The number of pyridine rings is 1. The number of rotatable bonds is 4. The molecule has 0 aromatic carbocycles. The minimum atomic E-state index is -0.896. The van der Waals surface area contributed by atoms with Crippen molar-refractivity contribution in [2.24, 2.45) is 0 Å². The first-order chi connectivity index (χ1) is 8.66. The largest absolute Gasteiger partial charge is 0.481 e. The second kappa shape index (κ2) is 5.22. The van der Waals surface area contributed by atoms with Gasteiger partial charge in [-0.05, 0) is 18.2 Å². The van der Waals surface area contributed by atoms with Crippen LogP contribution in [0.15, 0.2) is 41.3 Å². The molecule has 0 saturated heterocycles. The molecule has 0 radical (unpaired) electrons.